The van der Waals surface area contributed by atoms with Crippen LogP contribution in [0.1, 0.15) is 45.1 Å². The van der Waals surface area contributed by atoms with Gasteiger partial charge < -0.3 is 14.4 Å². The van der Waals surface area contributed by atoms with Gasteiger partial charge in [-0.1, -0.05) is 12.5 Å². The van der Waals surface area contributed by atoms with Crippen molar-refractivity contribution >= 4 is 23.7 Å². The zero-order valence-corrected chi connectivity index (χ0v) is 17.6. The summed E-state index contributed by atoms with van der Waals surface area (Å²) in [5.74, 6) is 1.74. The number of nitrogens with zero attached hydrogens (tertiary/aromatic N) is 3. The van der Waals surface area contributed by atoms with Gasteiger partial charge in [-0.25, -0.2) is 4.99 Å². The molecule has 3 rings (SSSR count). The summed E-state index contributed by atoms with van der Waals surface area (Å²) in [6, 6.07) is 5.42. The lowest BCUT2D eigenvalue weighted by Gasteiger charge is -2.20. The number of aliphatic imine (C=N–C) groups is 1. The van der Waals surface area contributed by atoms with Crippen molar-refractivity contribution in [2.75, 3.05) is 27.2 Å². The molecule has 1 aromatic rings. The Morgan fingerprint density at radius 3 is 2.79 bits per heavy atom. The first kappa shape index (κ1) is 20.9. The number of carbonyl (C=O) groups is 2. The van der Waals surface area contributed by atoms with Gasteiger partial charge in [0, 0.05) is 27.1 Å². The number of likely N-dealkylation sites (N-methyl/N-ethyl adjacent to an activating group) is 1. The molecule has 0 aliphatic carbocycles. The summed E-state index contributed by atoms with van der Waals surface area (Å²) in [4.78, 5) is 32.7. The second-order valence-electron chi connectivity index (χ2n) is 7.46. The Labute approximate surface area is 172 Å². The molecular weight excluding hydrogens is 370 g/mol. The predicted molar refractivity (Wildman–Crippen MR) is 112 cm³/mol. The highest BCUT2D eigenvalue weighted by Crippen LogP contribution is 2.31. The summed E-state index contributed by atoms with van der Waals surface area (Å²) in [6.45, 7) is 4.79. The van der Waals surface area contributed by atoms with E-state index >= 15 is 0 Å². The highest BCUT2D eigenvalue weighted by atomic mass is 16.5. The summed E-state index contributed by atoms with van der Waals surface area (Å²) in [5, 5.41) is 0. The van der Waals surface area contributed by atoms with Gasteiger partial charge in [-0.3, -0.25) is 14.5 Å². The lowest BCUT2D eigenvalue weighted by atomic mass is 10.1. The molecule has 1 aromatic carbocycles. The van der Waals surface area contributed by atoms with Crippen molar-refractivity contribution in [2.45, 2.75) is 45.6 Å². The zero-order chi connectivity index (χ0) is 21.0. The molecule has 2 amide bonds. The number of hydrogen-bond acceptors (Lipinski definition) is 5. The third kappa shape index (κ3) is 4.78. The maximum atomic E-state index is 12.7. The first-order chi connectivity index (χ1) is 13.9. The summed E-state index contributed by atoms with van der Waals surface area (Å²) >= 11 is 0. The van der Waals surface area contributed by atoms with Crippen LogP contribution in [0.5, 0.6) is 11.5 Å². The van der Waals surface area contributed by atoms with Crippen molar-refractivity contribution in [1.82, 2.24) is 9.80 Å². The van der Waals surface area contributed by atoms with Crippen LogP contribution in [0.3, 0.4) is 0 Å². The van der Waals surface area contributed by atoms with Crippen LogP contribution in [-0.4, -0.2) is 60.8 Å². The van der Waals surface area contributed by atoms with Crippen LogP contribution >= 0.6 is 0 Å². The molecule has 0 bridgehead atoms. The van der Waals surface area contributed by atoms with Gasteiger partial charge in [0.05, 0.1) is 6.61 Å². The van der Waals surface area contributed by atoms with Gasteiger partial charge >= 0.3 is 0 Å². The lowest BCUT2D eigenvalue weighted by molar-refractivity contribution is -0.135. The Morgan fingerprint density at radius 2 is 2.07 bits per heavy atom. The molecule has 2 aliphatic rings. The normalized spacial score (nSPS) is 18.8. The standard InChI is InChI=1S/C22H29N3O4/c1-5-28-19-14-16(10-11-18(19)29-15(2)21(26)24(3)4)13-17-22(27)25-12-8-6-7-9-20(25)23-17/h10-11,13-15H,5-9,12H2,1-4H3. The summed E-state index contributed by atoms with van der Waals surface area (Å²) in [7, 11) is 3.38. The summed E-state index contributed by atoms with van der Waals surface area (Å²) in [6.07, 6.45) is 5.22. The molecule has 1 saturated heterocycles. The molecule has 0 aromatic heterocycles. The van der Waals surface area contributed by atoms with E-state index in [9.17, 15) is 9.59 Å². The van der Waals surface area contributed by atoms with Crippen LogP contribution in [0.4, 0.5) is 0 Å². The van der Waals surface area contributed by atoms with Crippen molar-refractivity contribution in [1.29, 1.82) is 0 Å². The van der Waals surface area contributed by atoms with Crippen LogP contribution in [-0.2, 0) is 9.59 Å². The van der Waals surface area contributed by atoms with Crippen LogP contribution in [0.2, 0.25) is 0 Å². The van der Waals surface area contributed by atoms with Gasteiger partial charge in [0.25, 0.3) is 11.8 Å². The molecule has 1 atom stereocenters. The lowest BCUT2D eigenvalue weighted by Crippen LogP contribution is -2.35. The van der Waals surface area contributed by atoms with E-state index in [0.717, 1.165) is 43.6 Å². The van der Waals surface area contributed by atoms with Gasteiger partial charge in [-0.05, 0) is 50.5 Å². The molecule has 156 valence electrons. The van der Waals surface area contributed by atoms with Crippen molar-refractivity contribution in [3.05, 3.63) is 29.5 Å². The van der Waals surface area contributed by atoms with Gasteiger partial charge in [0.2, 0.25) is 0 Å². The minimum absolute atomic E-state index is 0.0367. The fraction of sp³-hybridized carbons (Fsp3) is 0.500. The molecule has 7 heteroatoms. The van der Waals surface area contributed by atoms with Crippen molar-refractivity contribution < 1.29 is 19.1 Å². The fourth-order valence-electron chi connectivity index (χ4n) is 3.49. The molecule has 29 heavy (non-hydrogen) atoms. The van der Waals surface area contributed by atoms with Gasteiger partial charge in [-0.15, -0.1) is 0 Å². The Hall–Kier alpha value is -2.83. The van der Waals surface area contributed by atoms with Gasteiger partial charge in [-0.2, -0.15) is 0 Å². The Morgan fingerprint density at radius 1 is 1.28 bits per heavy atom. The van der Waals surface area contributed by atoms with Crippen LogP contribution in [0.25, 0.3) is 6.08 Å². The van der Waals surface area contributed by atoms with Crippen LogP contribution in [0.15, 0.2) is 28.9 Å². The quantitative estimate of drug-likeness (QED) is 0.689. The average molecular weight is 399 g/mol. The van der Waals surface area contributed by atoms with E-state index in [4.69, 9.17) is 9.47 Å². The second-order valence-corrected chi connectivity index (χ2v) is 7.46. The SMILES string of the molecule is CCOc1cc(C=C2N=C3CCCCCN3C2=O)ccc1OC(C)C(=O)N(C)C. The topological polar surface area (TPSA) is 71.4 Å². The minimum Gasteiger partial charge on any atom is -0.490 e. The fourth-order valence-corrected chi connectivity index (χ4v) is 3.49. The third-order valence-electron chi connectivity index (χ3n) is 4.97. The van der Waals surface area contributed by atoms with Crippen molar-refractivity contribution in [3.8, 4) is 11.5 Å². The number of ether oxygens (including phenoxy) is 2. The molecule has 1 fully saturated rings. The molecule has 0 N–H and O–H groups in total. The molecule has 0 spiro atoms. The average Bonchev–Trinajstić information content (AvgIpc) is 2.85. The first-order valence-electron chi connectivity index (χ1n) is 10.2. The molecule has 7 nitrogen and oxygen atoms in total. The van der Waals surface area contributed by atoms with E-state index in [1.807, 2.05) is 19.1 Å². The molecular formula is C22H29N3O4. The number of hydrogen-bond donors (Lipinski definition) is 0. The highest BCUT2D eigenvalue weighted by molar-refractivity contribution is 6.14. The molecule has 0 radical (unpaired) electrons. The molecule has 2 heterocycles. The van der Waals surface area contributed by atoms with E-state index in [1.54, 1.807) is 38.1 Å². The second kappa shape index (κ2) is 9.11. The maximum absolute atomic E-state index is 12.7. The maximum Gasteiger partial charge on any atom is 0.277 e. The highest BCUT2D eigenvalue weighted by Gasteiger charge is 2.30. The Balaban J connectivity index is 1.84. The number of amidine groups is 1. The van der Waals surface area contributed by atoms with Gasteiger partial charge in [0.1, 0.15) is 11.5 Å². The number of carbonyl (C=O) groups excluding carboxylic acids is 2. The first-order valence-corrected chi connectivity index (χ1v) is 10.2. The van der Waals surface area contributed by atoms with Gasteiger partial charge in [0.15, 0.2) is 17.6 Å². The van der Waals surface area contributed by atoms with E-state index in [0.29, 0.717) is 23.8 Å². The van der Waals surface area contributed by atoms with Crippen molar-refractivity contribution in [2.24, 2.45) is 4.99 Å². The molecule has 0 saturated carbocycles. The summed E-state index contributed by atoms with van der Waals surface area (Å²) < 4.78 is 11.5. The van der Waals surface area contributed by atoms with Crippen molar-refractivity contribution in [3.63, 3.8) is 0 Å². The number of benzene rings is 1. The van der Waals surface area contributed by atoms with E-state index in [1.165, 1.54) is 4.90 Å². The smallest absolute Gasteiger partial charge is 0.277 e. The zero-order valence-electron chi connectivity index (χ0n) is 17.6. The number of rotatable bonds is 6. The number of amides is 2. The largest absolute Gasteiger partial charge is 0.490 e. The number of fused-ring (bicyclic) bond motifs is 1. The predicted octanol–water partition coefficient (Wildman–Crippen LogP) is 3.10. The van der Waals surface area contributed by atoms with Crippen LogP contribution < -0.4 is 9.47 Å². The summed E-state index contributed by atoms with van der Waals surface area (Å²) in [5.41, 5.74) is 1.26. The van der Waals surface area contributed by atoms with E-state index in [-0.39, 0.29) is 11.8 Å². The molecule has 1 unspecified atom stereocenters. The minimum atomic E-state index is -0.629. The molecule has 2 aliphatic heterocycles. The van der Waals surface area contributed by atoms with E-state index < -0.39 is 6.10 Å². The van der Waals surface area contributed by atoms with E-state index in [2.05, 4.69) is 4.99 Å². The Bertz CT molecular complexity index is 844. The Kier molecular flexibility index (Phi) is 6.56. The monoisotopic (exact) mass is 399 g/mol. The van der Waals surface area contributed by atoms with Crippen LogP contribution in [0, 0.1) is 0 Å². The third-order valence-corrected chi connectivity index (χ3v) is 4.97.